The van der Waals surface area contributed by atoms with E-state index >= 15 is 0 Å². The van der Waals surface area contributed by atoms with Gasteiger partial charge in [-0.15, -0.1) is 0 Å². The topological polar surface area (TPSA) is 42.0 Å². The zero-order valence-electron chi connectivity index (χ0n) is 10.5. The number of carbonyl (C=O) groups is 1. The molecule has 1 heterocycles. The molecule has 1 amide bonds. The largest absolute Gasteiger partial charge is 0.325 e. The Labute approximate surface area is 117 Å². The average Bonchev–Trinajstić information content (AvgIpc) is 2.40. The number of amides is 1. The normalized spacial score (nSPS) is 16.5. The summed E-state index contributed by atoms with van der Waals surface area (Å²) in [6, 6.07) is 3.69. The van der Waals surface area contributed by atoms with E-state index in [1.54, 1.807) is 6.20 Å². The molecule has 0 atom stereocenters. The van der Waals surface area contributed by atoms with E-state index in [2.05, 4.69) is 26.2 Å². The van der Waals surface area contributed by atoms with Gasteiger partial charge in [0.1, 0.15) is 4.60 Å². The van der Waals surface area contributed by atoms with Crippen LogP contribution in [0.5, 0.6) is 0 Å². The Morgan fingerprint density at radius 1 is 1.33 bits per heavy atom. The highest BCUT2D eigenvalue weighted by molar-refractivity contribution is 9.10. The first-order valence-corrected chi connectivity index (χ1v) is 7.45. The lowest BCUT2D eigenvalue weighted by Gasteiger charge is -2.20. The summed E-state index contributed by atoms with van der Waals surface area (Å²) in [6.45, 7) is 0. The van der Waals surface area contributed by atoms with Crippen LogP contribution in [0.15, 0.2) is 22.9 Å². The molecular weight excluding hydrogens is 292 g/mol. The van der Waals surface area contributed by atoms with Crippen molar-refractivity contribution in [3.63, 3.8) is 0 Å². The molecule has 1 aliphatic carbocycles. The van der Waals surface area contributed by atoms with Crippen LogP contribution >= 0.6 is 15.9 Å². The second kappa shape index (κ2) is 6.88. The van der Waals surface area contributed by atoms with Gasteiger partial charge in [0, 0.05) is 6.42 Å². The molecule has 0 spiro atoms. The Bertz CT molecular complexity index is 385. The molecule has 0 aromatic carbocycles. The maximum atomic E-state index is 11.8. The van der Waals surface area contributed by atoms with Crippen molar-refractivity contribution in [1.29, 1.82) is 0 Å². The zero-order chi connectivity index (χ0) is 12.8. The van der Waals surface area contributed by atoms with Gasteiger partial charge in [0.05, 0.1) is 11.9 Å². The van der Waals surface area contributed by atoms with Gasteiger partial charge in [-0.1, -0.05) is 32.1 Å². The minimum Gasteiger partial charge on any atom is -0.325 e. The number of carbonyl (C=O) groups excluding carboxylic acids is 1. The first kappa shape index (κ1) is 13.5. The van der Waals surface area contributed by atoms with Crippen molar-refractivity contribution in [2.24, 2.45) is 5.92 Å². The third-order valence-electron chi connectivity index (χ3n) is 3.52. The van der Waals surface area contributed by atoms with Gasteiger partial charge in [-0.25, -0.2) is 4.98 Å². The summed E-state index contributed by atoms with van der Waals surface area (Å²) in [6.07, 6.45) is 9.96. The van der Waals surface area contributed by atoms with Crippen molar-refractivity contribution in [3.05, 3.63) is 22.9 Å². The van der Waals surface area contributed by atoms with Crippen LogP contribution in [0.3, 0.4) is 0 Å². The Morgan fingerprint density at radius 3 is 2.78 bits per heavy atom. The highest BCUT2D eigenvalue weighted by Gasteiger charge is 2.14. The van der Waals surface area contributed by atoms with Gasteiger partial charge in [-0.2, -0.15) is 0 Å². The number of hydrogen-bond acceptors (Lipinski definition) is 2. The molecule has 1 aliphatic rings. The van der Waals surface area contributed by atoms with Gasteiger partial charge >= 0.3 is 0 Å². The lowest BCUT2D eigenvalue weighted by atomic mass is 9.86. The lowest BCUT2D eigenvalue weighted by molar-refractivity contribution is -0.116. The molecule has 0 saturated heterocycles. The van der Waals surface area contributed by atoms with Crippen LogP contribution in [0.25, 0.3) is 0 Å². The van der Waals surface area contributed by atoms with Crippen molar-refractivity contribution in [2.45, 2.75) is 44.9 Å². The summed E-state index contributed by atoms with van der Waals surface area (Å²) in [5.41, 5.74) is 0.770. The number of halogens is 1. The molecule has 3 nitrogen and oxygen atoms in total. The maximum Gasteiger partial charge on any atom is 0.224 e. The summed E-state index contributed by atoms with van der Waals surface area (Å²) >= 11 is 3.27. The summed E-state index contributed by atoms with van der Waals surface area (Å²) in [5.74, 6) is 0.859. The van der Waals surface area contributed by atoms with Gasteiger partial charge in [0.25, 0.3) is 0 Å². The molecule has 98 valence electrons. The van der Waals surface area contributed by atoms with Crippen molar-refractivity contribution in [3.8, 4) is 0 Å². The summed E-state index contributed by atoms with van der Waals surface area (Å²) in [7, 11) is 0. The van der Waals surface area contributed by atoms with Crippen LogP contribution in [0, 0.1) is 5.92 Å². The van der Waals surface area contributed by atoms with Crippen LogP contribution in [0.2, 0.25) is 0 Å². The van der Waals surface area contributed by atoms with E-state index in [-0.39, 0.29) is 5.91 Å². The molecule has 0 bridgehead atoms. The van der Waals surface area contributed by atoms with Gasteiger partial charge in [-0.05, 0) is 40.4 Å². The van der Waals surface area contributed by atoms with Gasteiger partial charge < -0.3 is 5.32 Å². The van der Waals surface area contributed by atoms with E-state index in [1.165, 1.54) is 32.1 Å². The third kappa shape index (κ3) is 4.41. The van der Waals surface area contributed by atoms with Crippen molar-refractivity contribution >= 4 is 27.5 Å². The third-order valence-corrected chi connectivity index (χ3v) is 3.98. The quantitative estimate of drug-likeness (QED) is 0.849. The molecule has 1 saturated carbocycles. The fourth-order valence-corrected chi connectivity index (χ4v) is 2.72. The Morgan fingerprint density at radius 2 is 2.11 bits per heavy atom. The van der Waals surface area contributed by atoms with Crippen LogP contribution in [-0.2, 0) is 4.79 Å². The van der Waals surface area contributed by atoms with E-state index in [0.29, 0.717) is 6.42 Å². The van der Waals surface area contributed by atoms with E-state index in [0.717, 1.165) is 22.6 Å². The predicted octanol–water partition coefficient (Wildman–Crippen LogP) is 4.14. The molecule has 1 aromatic heterocycles. The number of nitrogens with zero attached hydrogens (tertiary/aromatic N) is 1. The maximum absolute atomic E-state index is 11.8. The first-order valence-electron chi connectivity index (χ1n) is 6.65. The number of aromatic nitrogens is 1. The van der Waals surface area contributed by atoms with Crippen LogP contribution in [0.1, 0.15) is 44.9 Å². The van der Waals surface area contributed by atoms with Crippen molar-refractivity contribution < 1.29 is 4.79 Å². The van der Waals surface area contributed by atoms with Crippen LogP contribution in [-0.4, -0.2) is 10.9 Å². The minimum atomic E-state index is 0.102. The highest BCUT2D eigenvalue weighted by atomic mass is 79.9. The van der Waals surface area contributed by atoms with E-state index < -0.39 is 0 Å². The molecule has 1 fully saturated rings. The molecule has 2 rings (SSSR count). The monoisotopic (exact) mass is 310 g/mol. The van der Waals surface area contributed by atoms with Crippen molar-refractivity contribution in [2.75, 3.05) is 5.32 Å². The average molecular weight is 311 g/mol. The molecule has 0 aliphatic heterocycles. The fourth-order valence-electron chi connectivity index (χ4n) is 2.48. The number of anilines is 1. The molecule has 4 heteroatoms. The smallest absolute Gasteiger partial charge is 0.224 e. The molecule has 0 radical (unpaired) electrons. The molecule has 0 unspecified atom stereocenters. The zero-order valence-corrected chi connectivity index (χ0v) is 12.1. The Hall–Kier alpha value is -0.900. The minimum absolute atomic E-state index is 0.102. The van der Waals surface area contributed by atoms with Crippen LogP contribution in [0.4, 0.5) is 5.69 Å². The SMILES string of the molecule is O=C(CCC1CCCCC1)Nc1ccc(Br)nc1. The molecule has 18 heavy (non-hydrogen) atoms. The fraction of sp³-hybridized carbons (Fsp3) is 0.571. The van der Waals surface area contributed by atoms with E-state index in [4.69, 9.17) is 0 Å². The Balaban J connectivity index is 1.73. The van der Waals surface area contributed by atoms with Gasteiger partial charge in [0.2, 0.25) is 5.91 Å². The Kier molecular flexibility index (Phi) is 5.17. The van der Waals surface area contributed by atoms with E-state index in [9.17, 15) is 4.79 Å². The predicted molar refractivity (Wildman–Crippen MR) is 76.4 cm³/mol. The van der Waals surface area contributed by atoms with Crippen LogP contribution < -0.4 is 5.32 Å². The number of rotatable bonds is 4. The lowest BCUT2D eigenvalue weighted by Crippen LogP contribution is -2.14. The number of hydrogen-bond donors (Lipinski definition) is 1. The molecule has 1 aromatic rings. The van der Waals surface area contributed by atoms with E-state index in [1.807, 2.05) is 12.1 Å². The number of nitrogens with one attached hydrogen (secondary N) is 1. The summed E-state index contributed by atoms with van der Waals surface area (Å²) in [4.78, 5) is 15.9. The molecular formula is C14H19BrN2O. The van der Waals surface area contributed by atoms with Gasteiger partial charge in [-0.3, -0.25) is 4.79 Å². The first-order chi connectivity index (χ1) is 8.74. The number of pyridine rings is 1. The standard InChI is InChI=1S/C14H19BrN2O/c15-13-8-7-12(10-16-13)17-14(18)9-6-11-4-2-1-3-5-11/h7-8,10-11H,1-6,9H2,(H,17,18). The van der Waals surface area contributed by atoms with Gasteiger partial charge in [0.15, 0.2) is 0 Å². The summed E-state index contributed by atoms with van der Waals surface area (Å²) in [5, 5.41) is 2.89. The molecule has 1 N–H and O–H groups in total. The second-order valence-electron chi connectivity index (χ2n) is 4.96. The second-order valence-corrected chi connectivity index (χ2v) is 5.77. The highest BCUT2D eigenvalue weighted by Crippen LogP contribution is 2.27. The van der Waals surface area contributed by atoms with Crippen molar-refractivity contribution in [1.82, 2.24) is 4.98 Å². The summed E-state index contributed by atoms with van der Waals surface area (Å²) < 4.78 is 0.780.